The van der Waals surface area contributed by atoms with E-state index < -0.39 is 0 Å². The maximum atomic E-state index is 11.7. The number of aryl methyl sites for hydroxylation is 2. The van der Waals surface area contributed by atoms with Crippen molar-refractivity contribution in [3.63, 3.8) is 0 Å². The maximum Gasteiger partial charge on any atom is 0.220 e. The fourth-order valence-corrected chi connectivity index (χ4v) is 1.86. The van der Waals surface area contributed by atoms with Crippen LogP contribution in [0.4, 0.5) is 0 Å². The molecule has 0 aliphatic carbocycles. The average molecular weight is 257 g/mol. The summed E-state index contributed by atoms with van der Waals surface area (Å²) in [4.78, 5) is 18.7. The first kappa shape index (κ1) is 13.3. The molecule has 19 heavy (non-hydrogen) atoms. The van der Waals surface area contributed by atoms with Crippen molar-refractivity contribution in [1.29, 1.82) is 0 Å². The Bertz CT molecular complexity index is 503. The Kier molecular flexibility index (Phi) is 4.72. The summed E-state index contributed by atoms with van der Waals surface area (Å²) in [6.45, 7) is 2.59. The van der Waals surface area contributed by atoms with Crippen molar-refractivity contribution in [3.8, 4) is 0 Å². The van der Waals surface area contributed by atoms with Gasteiger partial charge in [-0.25, -0.2) is 4.98 Å². The third-order valence-corrected chi connectivity index (χ3v) is 3.08. The molecule has 2 aromatic rings. The lowest BCUT2D eigenvalue weighted by Crippen LogP contribution is -2.23. The molecule has 4 heteroatoms. The van der Waals surface area contributed by atoms with Crippen LogP contribution in [0.3, 0.4) is 0 Å². The molecule has 1 heterocycles. The van der Waals surface area contributed by atoms with Crippen molar-refractivity contribution in [3.05, 3.63) is 53.6 Å². The van der Waals surface area contributed by atoms with Gasteiger partial charge in [-0.15, -0.1) is 0 Å². The quantitative estimate of drug-likeness (QED) is 0.833. The maximum absolute atomic E-state index is 11.7. The highest BCUT2D eigenvalue weighted by Crippen LogP contribution is 2.07. The van der Waals surface area contributed by atoms with Crippen molar-refractivity contribution in [2.75, 3.05) is 0 Å². The van der Waals surface area contributed by atoms with Gasteiger partial charge in [0, 0.05) is 18.8 Å². The molecule has 2 N–H and O–H groups in total. The molecule has 1 aromatic heterocycles. The van der Waals surface area contributed by atoms with Crippen LogP contribution < -0.4 is 5.32 Å². The Balaban J connectivity index is 1.73. The van der Waals surface area contributed by atoms with E-state index in [0.717, 1.165) is 18.7 Å². The second-order valence-electron chi connectivity index (χ2n) is 4.48. The molecule has 0 aliphatic heterocycles. The zero-order chi connectivity index (χ0) is 13.5. The number of H-pyrrole nitrogens is 1. The number of carbonyl (C=O) groups is 1. The molecule has 0 spiro atoms. The lowest BCUT2D eigenvalue weighted by Gasteiger charge is -2.04. The predicted octanol–water partition coefficient (Wildman–Crippen LogP) is 2.22. The molecule has 0 bridgehead atoms. The number of nitrogens with one attached hydrogen (secondary N) is 2. The van der Waals surface area contributed by atoms with E-state index in [1.54, 1.807) is 12.4 Å². The third kappa shape index (κ3) is 4.25. The lowest BCUT2D eigenvalue weighted by molar-refractivity contribution is -0.121. The van der Waals surface area contributed by atoms with Gasteiger partial charge >= 0.3 is 0 Å². The van der Waals surface area contributed by atoms with Crippen LogP contribution in [0.25, 0.3) is 0 Å². The number of carbonyl (C=O) groups excluding carboxylic acids is 1. The molecule has 1 aromatic carbocycles. The van der Waals surface area contributed by atoms with Gasteiger partial charge in [-0.1, -0.05) is 31.2 Å². The number of imidazole rings is 1. The zero-order valence-electron chi connectivity index (χ0n) is 11.1. The highest BCUT2D eigenvalue weighted by atomic mass is 16.1. The minimum Gasteiger partial charge on any atom is -0.349 e. The molecule has 0 saturated carbocycles. The molecular weight excluding hydrogens is 238 g/mol. The molecule has 0 atom stereocenters. The molecular formula is C15H19N3O. The van der Waals surface area contributed by atoms with Gasteiger partial charge in [0.15, 0.2) is 0 Å². The second kappa shape index (κ2) is 6.73. The van der Waals surface area contributed by atoms with Gasteiger partial charge < -0.3 is 10.3 Å². The number of hydrogen-bond donors (Lipinski definition) is 2. The SMILES string of the molecule is CCc1ccc(CCC(=O)NCc2ncc[nH]2)cc1. The Morgan fingerprint density at radius 1 is 1.26 bits per heavy atom. The zero-order valence-corrected chi connectivity index (χ0v) is 11.1. The fraction of sp³-hybridized carbons (Fsp3) is 0.333. The smallest absolute Gasteiger partial charge is 0.220 e. The van der Waals surface area contributed by atoms with E-state index in [4.69, 9.17) is 0 Å². The first-order chi connectivity index (χ1) is 9.28. The molecule has 0 fully saturated rings. The van der Waals surface area contributed by atoms with Gasteiger partial charge in [-0.05, 0) is 24.0 Å². The summed E-state index contributed by atoms with van der Waals surface area (Å²) in [5.74, 6) is 0.830. The van der Waals surface area contributed by atoms with Crippen LogP contribution in [-0.4, -0.2) is 15.9 Å². The topological polar surface area (TPSA) is 57.8 Å². The molecule has 100 valence electrons. The second-order valence-corrected chi connectivity index (χ2v) is 4.48. The van der Waals surface area contributed by atoms with Gasteiger partial charge in [0.05, 0.1) is 6.54 Å². The minimum atomic E-state index is 0.0518. The number of hydrogen-bond acceptors (Lipinski definition) is 2. The number of aromatic amines is 1. The summed E-state index contributed by atoms with van der Waals surface area (Å²) in [5.41, 5.74) is 2.52. The number of aromatic nitrogens is 2. The molecule has 4 nitrogen and oxygen atoms in total. The van der Waals surface area contributed by atoms with Crippen LogP contribution in [0.1, 0.15) is 30.3 Å². The third-order valence-electron chi connectivity index (χ3n) is 3.08. The largest absolute Gasteiger partial charge is 0.349 e. The number of benzene rings is 1. The number of amides is 1. The monoisotopic (exact) mass is 257 g/mol. The van der Waals surface area contributed by atoms with Crippen molar-refractivity contribution in [1.82, 2.24) is 15.3 Å². The van der Waals surface area contributed by atoms with Crippen LogP contribution in [-0.2, 0) is 24.2 Å². The Morgan fingerprint density at radius 2 is 2.00 bits per heavy atom. The van der Waals surface area contributed by atoms with Crippen molar-refractivity contribution >= 4 is 5.91 Å². The van der Waals surface area contributed by atoms with E-state index >= 15 is 0 Å². The van der Waals surface area contributed by atoms with Gasteiger partial charge in [0.1, 0.15) is 5.82 Å². The molecule has 1 amide bonds. The number of nitrogens with zero attached hydrogens (tertiary/aromatic N) is 1. The van der Waals surface area contributed by atoms with E-state index in [1.807, 2.05) is 0 Å². The minimum absolute atomic E-state index is 0.0518. The summed E-state index contributed by atoms with van der Waals surface area (Å²) < 4.78 is 0. The standard InChI is InChI=1S/C15H19N3O/c1-2-12-3-5-13(6-4-12)7-8-15(19)18-11-14-16-9-10-17-14/h3-6,9-10H,2,7-8,11H2,1H3,(H,16,17)(H,18,19). The van der Waals surface area contributed by atoms with Crippen molar-refractivity contribution in [2.24, 2.45) is 0 Å². The first-order valence-corrected chi connectivity index (χ1v) is 6.60. The van der Waals surface area contributed by atoms with Crippen LogP contribution >= 0.6 is 0 Å². The Hall–Kier alpha value is -2.10. The van der Waals surface area contributed by atoms with Crippen molar-refractivity contribution in [2.45, 2.75) is 32.7 Å². The van der Waals surface area contributed by atoms with Crippen LogP contribution in [0.15, 0.2) is 36.7 Å². The van der Waals surface area contributed by atoms with Crippen LogP contribution in [0, 0.1) is 0 Å². The van der Waals surface area contributed by atoms with E-state index in [2.05, 4.69) is 46.5 Å². The van der Waals surface area contributed by atoms with E-state index in [-0.39, 0.29) is 5.91 Å². The average Bonchev–Trinajstić information content (AvgIpc) is 2.96. The van der Waals surface area contributed by atoms with Crippen molar-refractivity contribution < 1.29 is 4.79 Å². The van der Waals surface area contributed by atoms with Gasteiger partial charge in [0.25, 0.3) is 0 Å². The molecule has 0 radical (unpaired) electrons. The predicted molar refractivity (Wildman–Crippen MR) is 74.6 cm³/mol. The molecule has 0 aliphatic rings. The lowest BCUT2D eigenvalue weighted by atomic mass is 10.1. The van der Waals surface area contributed by atoms with E-state index in [9.17, 15) is 4.79 Å². The highest BCUT2D eigenvalue weighted by molar-refractivity contribution is 5.76. The van der Waals surface area contributed by atoms with E-state index in [1.165, 1.54) is 11.1 Å². The fourth-order valence-electron chi connectivity index (χ4n) is 1.86. The number of rotatable bonds is 6. The molecule has 0 saturated heterocycles. The first-order valence-electron chi connectivity index (χ1n) is 6.60. The summed E-state index contributed by atoms with van der Waals surface area (Å²) >= 11 is 0. The Morgan fingerprint density at radius 3 is 2.63 bits per heavy atom. The van der Waals surface area contributed by atoms with Crippen LogP contribution in [0.5, 0.6) is 0 Å². The van der Waals surface area contributed by atoms with E-state index in [0.29, 0.717) is 13.0 Å². The molecule has 2 rings (SSSR count). The highest BCUT2D eigenvalue weighted by Gasteiger charge is 2.03. The van der Waals surface area contributed by atoms with Gasteiger partial charge in [-0.2, -0.15) is 0 Å². The molecule has 0 unspecified atom stereocenters. The summed E-state index contributed by atoms with van der Waals surface area (Å²) in [5, 5.41) is 2.85. The van der Waals surface area contributed by atoms with Gasteiger partial charge in [-0.3, -0.25) is 4.79 Å². The normalized spacial score (nSPS) is 10.4. The Labute approximate surface area is 113 Å². The summed E-state index contributed by atoms with van der Waals surface area (Å²) in [7, 11) is 0. The van der Waals surface area contributed by atoms with Gasteiger partial charge in [0.2, 0.25) is 5.91 Å². The van der Waals surface area contributed by atoms with Crippen LogP contribution in [0.2, 0.25) is 0 Å². The summed E-state index contributed by atoms with van der Waals surface area (Å²) in [6, 6.07) is 8.43. The summed E-state index contributed by atoms with van der Waals surface area (Å²) in [6.07, 6.45) is 5.75.